The maximum absolute atomic E-state index is 11.7. The second-order valence-electron chi connectivity index (χ2n) is 4.87. The number of thiocarbonyl (C=S) groups is 1. The van der Waals surface area contributed by atoms with Crippen molar-refractivity contribution in [1.29, 1.82) is 0 Å². The van der Waals surface area contributed by atoms with E-state index < -0.39 is 5.91 Å². The number of hydrogen-bond acceptors (Lipinski definition) is 4. The van der Waals surface area contributed by atoms with Crippen LogP contribution in [0.15, 0.2) is 22.7 Å². The first-order chi connectivity index (χ1) is 11.4. The lowest BCUT2D eigenvalue weighted by Crippen LogP contribution is -2.49. The predicted molar refractivity (Wildman–Crippen MR) is 101 cm³/mol. The van der Waals surface area contributed by atoms with Crippen LogP contribution in [0.1, 0.15) is 32.6 Å². The molecule has 0 atom stereocenters. The number of carbonyl (C=O) groups excluding carboxylic acids is 2. The summed E-state index contributed by atoms with van der Waals surface area (Å²) in [5.74, 6) is -0.258. The molecule has 0 radical (unpaired) electrons. The average molecular weight is 437 g/mol. The van der Waals surface area contributed by atoms with Gasteiger partial charge >= 0.3 is 0 Å². The summed E-state index contributed by atoms with van der Waals surface area (Å²) in [6.45, 7) is 1.81. The van der Waals surface area contributed by atoms with Crippen LogP contribution in [-0.2, 0) is 9.59 Å². The fourth-order valence-corrected chi connectivity index (χ4v) is 2.55. The van der Waals surface area contributed by atoms with E-state index in [1.165, 1.54) is 0 Å². The lowest BCUT2D eigenvalue weighted by molar-refractivity contribution is -0.124. The third kappa shape index (κ3) is 8.47. The van der Waals surface area contributed by atoms with Gasteiger partial charge in [0.2, 0.25) is 5.91 Å². The summed E-state index contributed by atoms with van der Waals surface area (Å²) in [6.07, 6.45) is 3.22. The first kappa shape index (κ1) is 20.7. The molecule has 0 heterocycles. The number of carbonyl (C=O) groups is 2. The van der Waals surface area contributed by atoms with E-state index >= 15 is 0 Å². The molecule has 0 saturated heterocycles. The molecular formula is C15H19BrClN3O3S. The van der Waals surface area contributed by atoms with Crippen molar-refractivity contribution in [3.05, 3.63) is 27.7 Å². The lowest BCUT2D eigenvalue weighted by atomic mass is 10.2. The van der Waals surface area contributed by atoms with Crippen LogP contribution in [-0.4, -0.2) is 23.5 Å². The first-order valence-corrected chi connectivity index (χ1v) is 8.96. The molecule has 6 nitrogen and oxygen atoms in total. The highest BCUT2D eigenvalue weighted by atomic mass is 79.9. The lowest BCUT2D eigenvalue weighted by Gasteiger charge is -2.12. The highest BCUT2D eigenvalue weighted by Gasteiger charge is 2.08. The predicted octanol–water partition coefficient (Wildman–Crippen LogP) is 3.08. The number of halogens is 2. The molecule has 0 aliphatic carbocycles. The zero-order valence-corrected chi connectivity index (χ0v) is 16.3. The van der Waals surface area contributed by atoms with E-state index in [-0.39, 0.29) is 17.6 Å². The minimum Gasteiger partial charge on any atom is -0.482 e. The van der Waals surface area contributed by atoms with Crippen molar-refractivity contribution in [2.24, 2.45) is 0 Å². The van der Waals surface area contributed by atoms with Gasteiger partial charge in [-0.2, -0.15) is 0 Å². The number of unbranched alkanes of at least 4 members (excludes halogenated alkanes) is 2. The van der Waals surface area contributed by atoms with Crippen molar-refractivity contribution in [3.63, 3.8) is 0 Å². The van der Waals surface area contributed by atoms with Gasteiger partial charge in [0, 0.05) is 10.9 Å². The molecule has 132 valence electrons. The van der Waals surface area contributed by atoms with Gasteiger partial charge in [0.25, 0.3) is 5.91 Å². The van der Waals surface area contributed by atoms with Crippen LogP contribution in [0, 0.1) is 0 Å². The molecule has 0 saturated carbocycles. The number of benzene rings is 1. The van der Waals surface area contributed by atoms with E-state index in [2.05, 4.69) is 39.0 Å². The van der Waals surface area contributed by atoms with Gasteiger partial charge in [0.15, 0.2) is 11.7 Å². The van der Waals surface area contributed by atoms with Crippen molar-refractivity contribution in [1.82, 2.24) is 16.2 Å². The minimum atomic E-state index is -0.462. The Kier molecular flexibility index (Phi) is 9.66. The summed E-state index contributed by atoms with van der Waals surface area (Å²) < 4.78 is 6.11. The van der Waals surface area contributed by atoms with Crippen LogP contribution >= 0.6 is 39.7 Å². The van der Waals surface area contributed by atoms with Gasteiger partial charge < -0.3 is 10.1 Å². The molecule has 3 N–H and O–H groups in total. The van der Waals surface area contributed by atoms with Crippen LogP contribution in [0.2, 0.25) is 5.02 Å². The smallest absolute Gasteiger partial charge is 0.276 e. The van der Waals surface area contributed by atoms with E-state index in [0.29, 0.717) is 17.2 Å². The summed E-state index contributed by atoms with van der Waals surface area (Å²) >= 11 is 14.2. The number of amides is 2. The molecule has 1 aromatic carbocycles. The summed E-state index contributed by atoms with van der Waals surface area (Å²) in [5, 5.41) is 2.91. The Balaban J connectivity index is 2.25. The monoisotopic (exact) mass is 435 g/mol. The normalized spacial score (nSPS) is 9.96. The molecule has 0 unspecified atom stereocenters. The Bertz CT molecular complexity index is 601. The Morgan fingerprint density at radius 3 is 2.67 bits per heavy atom. The molecule has 24 heavy (non-hydrogen) atoms. The minimum absolute atomic E-state index is 0.0338. The maximum Gasteiger partial charge on any atom is 0.276 e. The topological polar surface area (TPSA) is 79.5 Å². The van der Waals surface area contributed by atoms with Gasteiger partial charge in [-0.1, -0.05) is 47.3 Å². The standard InChI is InChI=1S/C15H19BrClN3O3S/c1-2-3-4-5-13(21)18-15(24)20-19-14(22)9-23-12-7-6-10(16)8-11(12)17/h6-8H,2-5,9H2,1H3,(H,19,22)(H2,18,20,21,24). The van der Waals surface area contributed by atoms with Crippen molar-refractivity contribution in [3.8, 4) is 5.75 Å². The number of hydrazine groups is 1. The van der Waals surface area contributed by atoms with Gasteiger partial charge in [-0.15, -0.1) is 0 Å². The van der Waals surface area contributed by atoms with Crippen LogP contribution in [0.3, 0.4) is 0 Å². The summed E-state index contributed by atoms with van der Waals surface area (Å²) in [6, 6.07) is 5.06. The molecule has 0 bridgehead atoms. The summed E-state index contributed by atoms with van der Waals surface area (Å²) in [7, 11) is 0. The SMILES string of the molecule is CCCCCC(=O)NC(=S)NNC(=O)COc1ccc(Br)cc1Cl. The Labute approximate surface area is 159 Å². The molecule has 0 aromatic heterocycles. The largest absolute Gasteiger partial charge is 0.482 e. The van der Waals surface area contributed by atoms with Gasteiger partial charge in [0.1, 0.15) is 5.75 Å². The number of rotatable bonds is 7. The van der Waals surface area contributed by atoms with Gasteiger partial charge in [-0.25, -0.2) is 0 Å². The molecule has 2 amide bonds. The van der Waals surface area contributed by atoms with E-state index in [1.54, 1.807) is 18.2 Å². The van der Waals surface area contributed by atoms with Crippen LogP contribution in [0.5, 0.6) is 5.75 Å². The van der Waals surface area contributed by atoms with E-state index in [0.717, 1.165) is 23.7 Å². The Hall–Kier alpha value is -1.38. The molecule has 0 aliphatic heterocycles. The van der Waals surface area contributed by atoms with Crippen molar-refractivity contribution in [2.75, 3.05) is 6.61 Å². The second kappa shape index (κ2) is 11.2. The third-order valence-electron chi connectivity index (χ3n) is 2.83. The fourth-order valence-electron chi connectivity index (χ4n) is 1.65. The highest BCUT2D eigenvalue weighted by molar-refractivity contribution is 9.10. The molecule has 0 aliphatic rings. The fraction of sp³-hybridized carbons (Fsp3) is 0.400. The summed E-state index contributed by atoms with van der Waals surface area (Å²) in [5.41, 5.74) is 4.78. The second-order valence-corrected chi connectivity index (χ2v) is 6.60. The molecule has 1 aromatic rings. The number of ether oxygens (including phenoxy) is 1. The summed E-state index contributed by atoms with van der Waals surface area (Å²) in [4.78, 5) is 23.2. The third-order valence-corrected chi connectivity index (χ3v) is 3.82. The van der Waals surface area contributed by atoms with Crippen molar-refractivity contribution in [2.45, 2.75) is 32.6 Å². The van der Waals surface area contributed by atoms with Crippen LogP contribution in [0.4, 0.5) is 0 Å². The Morgan fingerprint density at radius 1 is 1.25 bits per heavy atom. The van der Waals surface area contributed by atoms with E-state index in [9.17, 15) is 9.59 Å². The van der Waals surface area contributed by atoms with Crippen LogP contribution in [0.25, 0.3) is 0 Å². The molecule has 0 spiro atoms. The zero-order chi connectivity index (χ0) is 17.9. The van der Waals surface area contributed by atoms with Gasteiger partial charge in [-0.3, -0.25) is 20.4 Å². The molecule has 0 fully saturated rings. The molecular weight excluding hydrogens is 418 g/mol. The average Bonchev–Trinajstić information content (AvgIpc) is 2.52. The maximum atomic E-state index is 11.7. The van der Waals surface area contributed by atoms with Crippen molar-refractivity contribution >= 4 is 56.7 Å². The number of nitrogens with one attached hydrogen (secondary N) is 3. The van der Waals surface area contributed by atoms with Crippen LogP contribution < -0.4 is 20.9 Å². The Morgan fingerprint density at radius 2 is 2.00 bits per heavy atom. The highest BCUT2D eigenvalue weighted by Crippen LogP contribution is 2.27. The first-order valence-electron chi connectivity index (χ1n) is 7.39. The molecule has 1 rings (SSSR count). The van der Waals surface area contributed by atoms with Crippen molar-refractivity contribution < 1.29 is 14.3 Å². The van der Waals surface area contributed by atoms with Gasteiger partial charge in [0.05, 0.1) is 5.02 Å². The quantitative estimate of drug-likeness (QED) is 0.348. The number of hydrogen-bond donors (Lipinski definition) is 3. The zero-order valence-electron chi connectivity index (χ0n) is 13.2. The molecule has 9 heteroatoms. The van der Waals surface area contributed by atoms with Gasteiger partial charge in [-0.05, 0) is 36.8 Å². The van der Waals surface area contributed by atoms with E-state index in [4.69, 9.17) is 28.6 Å². The van der Waals surface area contributed by atoms with E-state index in [1.807, 2.05) is 0 Å².